The largest absolute Gasteiger partial charge is 0.496 e. The molecule has 0 radical (unpaired) electrons. The summed E-state index contributed by atoms with van der Waals surface area (Å²) in [6.07, 6.45) is 1.43. The number of benzene rings is 1. The van der Waals surface area contributed by atoms with E-state index in [0.717, 1.165) is 5.56 Å². The van der Waals surface area contributed by atoms with Crippen molar-refractivity contribution in [3.63, 3.8) is 0 Å². The molecule has 2 aromatic rings. The summed E-state index contributed by atoms with van der Waals surface area (Å²) in [6, 6.07) is 6.50. The second-order valence-corrected chi connectivity index (χ2v) is 4.99. The molecule has 0 atom stereocenters. The average molecular weight is 332 g/mol. The summed E-state index contributed by atoms with van der Waals surface area (Å²) >= 11 is 0. The fraction of sp³-hybridized carbons (Fsp3) is 0.294. The van der Waals surface area contributed by atoms with Crippen LogP contribution in [-0.2, 0) is 0 Å². The summed E-state index contributed by atoms with van der Waals surface area (Å²) in [6.45, 7) is 2.42. The minimum absolute atomic E-state index is 0.231. The third-order valence-corrected chi connectivity index (χ3v) is 3.46. The summed E-state index contributed by atoms with van der Waals surface area (Å²) in [5, 5.41) is 5.38. The van der Waals surface area contributed by atoms with Gasteiger partial charge in [0.15, 0.2) is 5.76 Å². The molecule has 0 bridgehead atoms. The van der Waals surface area contributed by atoms with Crippen LogP contribution in [0.2, 0.25) is 0 Å². The standard InChI is InChI=1S/C17H20N2O5/c1-11-14(22-2)9-12(10-15(11)23-3)16(20)18-6-7-19-17(21)13-5-4-8-24-13/h4-5,8-10H,6-7H2,1-3H3,(H,18,20)(H,19,21). The van der Waals surface area contributed by atoms with E-state index in [9.17, 15) is 9.59 Å². The Bertz CT molecular complexity index is 685. The Hall–Kier alpha value is -2.96. The van der Waals surface area contributed by atoms with E-state index in [1.807, 2.05) is 6.92 Å². The number of carbonyl (C=O) groups is 2. The predicted octanol–water partition coefficient (Wildman–Crippen LogP) is 1.77. The van der Waals surface area contributed by atoms with Crippen molar-refractivity contribution < 1.29 is 23.5 Å². The van der Waals surface area contributed by atoms with Crippen molar-refractivity contribution in [2.75, 3.05) is 27.3 Å². The molecule has 2 amide bonds. The molecule has 0 aliphatic rings. The second kappa shape index (κ2) is 8.05. The molecule has 0 aliphatic carbocycles. The highest BCUT2D eigenvalue weighted by atomic mass is 16.5. The van der Waals surface area contributed by atoms with E-state index in [1.165, 1.54) is 20.5 Å². The van der Waals surface area contributed by atoms with Gasteiger partial charge in [-0.2, -0.15) is 0 Å². The second-order valence-electron chi connectivity index (χ2n) is 4.99. The zero-order valence-electron chi connectivity index (χ0n) is 13.8. The molecule has 2 N–H and O–H groups in total. The van der Waals surface area contributed by atoms with Crippen LogP contribution in [0.25, 0.3) is 0 Å². The van der Waals surface area contributed by atoms with Crippen LogP contribution in [-0.4, -0.2) is 39.1 Å². The van der Waals surface area contributed by atoms with Crippen molar-refractivity contribution in [2.45, 2.75) is 6.92 Å². The van der Waals surface area contributed by atoms with E-state index in [-0.39, 0.29) is 30.7 Å². The zero-order valence-corrected chi connectivity index (χ0v) is 13.8. The van der Waals surface area contributed by atoms with Gasteiger partial charge in [-0.25, -0.2) is 0 Å². The molecule has 0 fully saturated rings. The van der Waals surface area contributed by atoms with Crippen molar-refractivity contribution in [1.29, 1.82) is 0 Å². The van der Waals surface area contributed by atoms with Gasteiger partial charge in [-0.15, -0.1) is 0 Å². The van der Waals surface area contributed by atoms with Crippen LogP contribution >= 0.6 is 0 Å². The number of nitrogens with one attached hydrogen (secondary N) is 2. The lowest BCUT2D eigenvalue weighted by Gasteiger charge is -2.12. The van der Waals surface area contributed by atoms with Gasteiger partial charge in [-0.3, -0.25) is 9.59 Å². The number of carbonyl (C=O) groups excluding carboxylic acids is 2. The first kappa shape index (κ1) is 17.4. The Morgan fingerprint density at radius 2 is 1.62 bits per heavy atom. The van der Waals surface area contributed by atoms with Crippen LogP contribution in [0.15, 0.2) is 34.9 Å². The first-order chi connectivity index (χ1) is 11.6. The van der Waals surface area contributed by atoms with Gasteiger partial charge in [-0.05, 0) is 31.2 Å². The topological polar surface area (TPSA) is 89.8 Å². The molecule has 0 unspecified atom stereocenters. The van der Waals surface area contributed by atoms with Gasteiger partial charge in [0.05, 0.1) is 20.5 Å². The summed E-state index contributed by atoms with van der Waals surface area (Å²) in [5.74, 6) is 0.775. The van der Waals surface area contributed by atoms with E-state index >= 15 is 0 Å². The summed E-state index contributed by atoms with van der Waals surface area (Å²) < 4.78 is 15.5. The highest BCUT2D eigenvalue weighted by Crippen LogP contribution is 2.29. The van der Waals surface area contributed by atoms with Crippen molar-refractivity contribution in [1.82, 2.24) is 10.6 Å². The van der Waals surface area contributed by atoms with E-state index in [0.29, 0.717) is 17.1 Å². The van der Waals surface area contributed by atoms with Crippen LogP contribution in [0.1, 0.15) is 26.5 Å². The molecule has 7 heteroatoms. The molecule has 1 heterocycles. The number of rotatable bonds is 7. The highest BCUT2D eigenvalue weighted by molar-refractivity contribution is 5.95. The molecule has 0 aliphatic heterocycles. The Labute approximate surface area is 139 Å². The first-order valence-corrected chi connectivity index (χ1v) is 7.39. The van der Waals surface area contributed by atoms with Crippen LogP contribution in [0.3, 0.4) is 0 Å². The molecule has 0 saturated heterocycles. The summed E-state index contributed by atoms with van der Waals surface area (Å²) in [5.41, 5.74) is 1.24. The van der Waals surface area contributed by atoms with Gasteiger partial charge in [0.1, 0.15) is 11.5 Å². The van der Waals surface area contributed by atoms with E-state index in [1.54, 1.807) is 24.3 Å². The normalized spacial score (nSPS) is 10.1. The van der Waals surface area contributed by atoms with E-state index in [2.05, 4.69) is 10.6 Å². The molecule has 1 aromatic carbocycles. The predicted molar refractivity (Wildman–Crippen MR) is 87.7 cm³/mol. The number of amides is 2. The molecular weight excluding hydrogens is 312 g/mol. The number of hydrogen-bond acceptors (Lipinski definition) is 5. The van der Waals surface area contributed by atoms with Gasteiger partial charge in [0.25, 0.3) is 11.8 Å². The van der Waals surface area contributed by atoms with Crippen LogP contribution in [0.5, 0.6) is 11.5 Å². The average Bonchev–Trinajstić information content (AvgIpc) is 3.13. The maximum absolute atomic E-state index is 12.2. The van der Waals surface area contributed by atoms with Crippen LogP contribution in [0.4, 0.5) is 0 Å². The molecule has 128 valence electrons. The van der Waals surface area contributed by atoms with Gasteiger partial charge < -0.3 is 24.5 Å². The minimum Gasteiger partial charge on any atom is -0.496 e. The van der Waals surface area contributed by atoms with Gasteiger partial charge in [0, 0.05) is 24.2 Å². The third kappa shape index (κ3) is 4.07. The van der Waals surface area contributed by atoms with Crippen molar-refractivity contribution in [3.05, 3.63) is 47.4 Å². The van der Waals surface area contributed by atoms with Crippen molar-refractivity contribution in [3.8, 4) is 11.5 Å². The molecule has 2 rings (SSSR count). The van der Waals surface area contributed by atoms with E-state index < -0.39 is 0 Å². The molecule has 1 aromatic heterocycles. The highest BCUT2D eigenvalue weighted by Gasteiger charge is 2.13. The lowest BCUT2D eigenvalue weighted by Crippen LogP contribution is -2.34. The SMILES string of the molecule is COc1cc(C(=O)NCCNC(=O)c2ccco2)cc(OC)c1C. The fourth-order valence-corrected chi connectivity index (χ4v) is 2.17. The first-order valence-electron chi connectivity index (χ1n) is 7.39. The number of ether oxygens (including phenoxy) is 2. The Morgan fingerprint density at radius 3 is 2.12 bits per heavy atom. The quantitative estimate of drug-likeness (QED) is 0.754. The molecule has 0 saturated carbocycles. The monoisotopic (exact) mass is 332 g/mol. The smallest absolute Gasteiger partial charge is 0.287 e. The number of furan rings is 1. The van der Waals surface area contributed by atoms with Crippen molar-refractivity contribution in [2.24, 2.45) is 0 Å². The molecule has 0 spiro atoms. The maximum atomic E-state index is 12.2. The summed E-state index contributed by atoms with van der Waals surface area (Å²) in [7, 11) is 3.07. The lowest BCUT2D eigenvalue weighted by atomic mass is 10.1. The van der Waals surface area contributed by atoms with Crippen molar-refractivity contribution >= 4 is 11.8 Å². The number of methoxy groups -OCH3 is 2. The fourth-order valence-electron chi connectivity index (χ4n) is 2.17. The number of hydrogen-bond donors (Lipinski definition) is 2. The van der Waals surface area contributed by atoms with E-state index in [4.69, 9.17) is 13.9 Å². The minimum atomic E-state index is -0.326. The van der Waals surface area contributed by atoms with Gasteiger partial charge >= 0.3 is 0 Å². The molecule has 24 heavy (non-hydrogen) atoms. The van der Waals surface area contributed by atoms with Crippen LogP contribution in [0, 0.1) is 6.92 Å². The Kier molecular flexibility index (Phi) is 5.83. The lowest BCUT2D eigenvalue weighted by molar-refractivity contribution is 0.0910. The third-order valence-electron chi connectivity index (χ3n) is 3.46. The Balaban J connectivity index is 1.89. The van der Waals surface area contributed by atoms with Gasteiger partial charge in [0.2, 0.25) is 0 Å². The summed E-state index contributed by atoms with van der Waals surface area (Å²) in [4.78, 5) is 23.9. The van der Waals surface area contributed by atoms with Gasteiger partial charge in [-0.1, -0.05) is 0 Å². The Morgan fingerprint density at radius 1 is 1.04 bits per heavy atom. The molecular formula is C17H20N2O5. The molecule has 7 nitrogen and oxygen atoms in total. The maximum Gasteiger partial charge on any atom is 0.287 e. The van der Waals surface area contributed by atoms with Crippen LogP contribution < -0.4 is 20.1 Å². The zero-order chi connectivity index (χ0) is 17.5.